The monoisotopic (exact) mass is 541 g/mol. The number of anilines is 1. The van der Waals surface area contributed by atoms with Crippen LogP contribution >= 0.6 is 12.2 Å². The van der Waals surface area contributed by atoms with E-state index < -0.39 is 5.82 Å². The zero-order valence-electron chi connectivity index (χ0n) is 22.3. The molecule has 2 atom stereocenters. The van der Waals surface area contributed by atoms with Crippen LogP contribution in [0.1, 0.15) is 53.6 Å². The van der Waals surface area contributed by atoms with Crippen molar-refractivity contribution in [2.24, 2.45) is 0 Å². The van der Waals surface area contributed by atoms with Crippen LogP contribution < -0.4 is 10.6 Å². The second kappa shape index (κ2) is 11.4. The van der Waals surface area contributed by atoms with Gasteiger partial charge in [0, 0.05) is 36.2 Å². The molecule has 0 aliphatic carbocycles. The number of carbonyl (C=O) groups is 1. The van der Waals surface area contributed by atoms with Gasteiger partial charge in [0.15, 0.2) is 5.11 Å². The number of halogens is 1. The predicted molar refractivity (Wildman–Crippen MR) is 156 cm³/mol. The zero-order valence-corrected chi connectivity index (χ0v) is 23.1. The maximum absolute atomic E-state index is 14.1. The van der Waals surface area contributed by atoms with Crippen molar-refractivity contribution in [3.63, 3.8) is 0 Å². The summed E-state index contributed by atoms with van der Waals surface area (Å²) < 4.78 is 16.3. The van der Waals surface area contributed by atoms with E-state index in [1.54, 1.807) is 24.4 Å². The van der Waals surface area contributed by atoms with Gasteiger partial charge < -0.3 is 20.1 Å². The van der Waals surface area contributed by atoms with Gasteiger partial charge in [-0.05, 0) is 86.1 Å². The van der Waals surface area contributed by atoms with Gasteiger partial charge in [0.1, 0.15) is 5.82 Å². The van der Waals surface area contributed by atoms with Crippen molar-refractivity contribution in [2.45, 2.75) is 45.7 Å². The minimum Gasteiger partial charge on any atom is -0.352 e. The van der Waals surface area contributed by atoms with E-state index in [0.29, 0.717) is 11.7 Å². The van der Waals surface area contributed by atoms with E-state index in [4.69, 9.17) is 12.2 Å². The largest absolute Gasteiger partial charge is 0.352 e. The first-order valence-electron chi connectivity index (χ1n) is 13.2. The van der Waals surface area contributed by atoms with Gasteiger partial charge in [0.2, 0.25) is 5.91 Å². The Hall–Kier alpha value is -4.04. The lowest BCUT2D eigenvalue weighted by molar-refractivity contribution is -0.116. The van der Waals surface area contributed by atoms with Crippen LogP contribution in [0.4, 0.5) is 10.1 Å². The quantitative estimate of drug-likeness (QED) is 0.261. The second-order valence-corrected chi connectivity index (χ2v) is 10.2. The van der Waals surface area contributed by atoms with Crippen molar-refractivity contribution < 1.29 is 9.18 Å². The first kappa shape index (κ1) is 26.6. The third-order valence-corrected chi connectivity index (χ3v) is 7.67. The van der Waals surface area contributed by atoms with Crippen molar-refractivity contribution in [1.29, 1.82) is 0 Å². The molecule has 1 saturated heterocycles. The second-order valence-electron chi connectivity index (χ2n) is 9.78. The van der Waals surface area contributed by atoms with Crippen LogP contribution in [0.5, 0.6) is 0 Å². The molecule has 5 rings (SSSR count). The lowest BCUT2D eigenvalue weighted by Crippen LogP contribution is -2.33. The molecular formula is C31H32FN5OS. The Bertz CT molecular complexity index is 1480. The molecule has 2 aromatic heterocycles. The minimum atomic E-state index is -0.461. The first-order chi connectivity index (χ1) is 18.9. The van der Waals surface area contributed by atoms with Crippen LogP contribution in [0, 0.1) is 19.7 Å². The summed E-state index contributed by atoms with van der Waals surface area (Å²) in [5.74, 6) is -0.735. The van der Waals surface area contributed by atoms with Crippen LogP contribution in [0.2, 0.25) is 0 Å². The molecule has 0 spiro atoms. The standard InChI is InChI=1S/C31H32FN5OS/c1-4-22-12-14-23(15-13-22)37-20(2)19-24(21(37)3)30-29(27-11-7-8-17-33-27)35-31(39)36(30)18-16-28(38)34-26-10-6-5-9-25(26)32/h5-15,17,19,29-30H,4,16,18H2,1-3H3,(H,34,38)(H,35,39)/t29-,30+/m0/s1. The van der Waals surface area contributed by atoms with Gasteiger partial charge in [0.25, 0.3) is 0 Å². The number of para-hydroxylation sites is 1. The normalized spacial score (nSPS) is 16.8. The van der Waals surface area contributed by atoms with Crippen LogP contribution in [-0.2, 0) is 11.2 Å². The summed E-state index contributed by atoms with van der Waals surface area (Å²) in [5.41, 5.74) is 6.78. The highest BCUT2D eigenvalue weighted by Gasteiger charge is 2.41. The number of aromatic nitrogens is 2. The van der Waals surface area contributed by atoms with E-state index in [2.05, 4.69) is 76.2 Å². The van der Waals surface area contributed by atoms with Gasteiger partial charge in [-0.15, -0.1) is 0 Å². The van der Waals surface area contributed by atoms with Crippen molar-refractivity contribution in [3.8, 4) is 5.69 Å². The molecule has 0 saturated carbocycles. The number of hydrogen-bond acceptors (Lipinski definition) is 3. The van der Waals surface area contributed by atoms with Crippen LogP contribution in [-0.4, -0.2) is 32.0 Å². The molecule has 0 bridgehead atoms. The first-order valence-corrected chi connectivity index (χ1v) is 13.6. The molecule has 6 nitrogen and oxygen atoms in total. The fraction of sp³-hybridized carbons (Fsp3) is 0.258. The number of carbonyl (C=O) groups excluding carboxylic acids is 1. The molecule has 8 heteroatoms. The number of amides is 1. The number of aryl methyl sites for hydroxylation is 2. The topological polar surface area (TPSA) is 62.2 Å². The Morgan fingerprint density at radius 1 is 1.08 bits per heavy atom. The number of nitrogens with one attached hydrogen (secondary N) is 2. The van der Waals surface area contributed by atoms with Gasteiger partial charge >= 0.3 is 0 Å². The molecule has 39 heavy (non-hydrogen) atoms. The van der Waals surface area contributed by atoms with Crippen molar-refractivity contribution in [2.75, 3.05) is 11.9 Å². The van der Waals surface area contributed by atoms with Crippen LogP contribution in [0.3, 0.4) is 0 Å². The molecular weight excluding hydrogens is 509 g/mol. The van der Waals surface area contributed by atoms with E-state index in [1.807, 2.05) is 18.2 Å². The lowest BCUT2D eigenvalue weighted by atomic mass is 9.96. The Balaban J connectivity index is 1.47. The highest BCUT2D eigenvalue weighted by atomic mass is 32.1. The highest BCUT2D eigenvalue weighted by Crippen LogP contribution is 2.41. The van der Waals surface area contributed by atoms with E-state index in [1.165, 1.54) is 11.6 Å². The molecule has 1 aliphatic heterocycles. The number of nitrogens with zero attached hydrogens (tertiary/aromatic N) is 3. The molecule has 1 aliphatic rings. The van der Waals surface area contributed by atoms with E-state index in [0.717, 1.165) is 34.8 Å². The van der Waals surface area contributed by atoms with Gasteiger partial charge in [-0.1, -0.05) is 37.3 Å². The van der Waals surface area contributed by atoms with Gasteiger partial charge in [-0.25, -0.2) is 4.39 Å². The third kappa shape index (κ3) is 5.43. The molecule has 3 heterocycles. The Labute approximate surface area is 233 Å². The summed E-state index contributed by atoms with van der Waals surface area (Å²) in [7, 11) is 0. The predicted octanol–water partition coefficient (Wildman–Crippen LogP) is 6.19. The zero-order chi connectivity index (χ0) is 27.5. The Morgan fingerprint density at radius 2 is 1.82 bits per heavy atom. The summed E-state index contributed by atoms with van der Waals surface area (Å²) in [6.07, 6.45) is 2.92. The number of pyridine rings is 1. The number of rotatable bonds is 8. The van der Waals surface area contributed by atoms with Gasteiger partial charge in [-0.2, -0.15) is 0 Å². The fourth-order valence-electron chi connectivity index (χ4n) is 5.35. The molecule has 200 valence electrons. The van der Waals surface area contributed by atoms with Crippen LogP contribution in [0.15, 0.2) is 79.0 Å². The summed E-state index contributed by atoms with van der Waals surface area (Å²) in [6.45, 7) is 6.75. The molecule has 0 unspecified atom stereocenters. The molecule has 1 amide bonds. The lowest BCUT2D eigenvalue weighted by Gasteiger charge is -2.28. The van der Waals surface area contributed by atoms with Crippen molar-refractivity contribution in [3.05, 3.63) is 113 Å². The Kier molecular flexibility index (Phi) is 7.74. The molecule has 0 radical (unpaired) electrons. The molecule has 2 N–H and O–H groups in total. The smallest absolute Gasteiger partial charge is 0.226 e. The van der Waals surface area contributed by atoms with Gasteiger partial charge in [0.05, 0.1) is 23.5 Å². The van der Waals surface area contributed by atoms with E-state index in [9.17, 15) is 9.18 Å². The highest BCUT2D eigenvalue weighted by molar-refractivity contribution is 7.80. The van der Waals surface area contributed by atoms with E-state index >= 15 is 0 Å². The van der Waals surface area contributed by atoms with Crippen LogP contribution in [0.25, 0.3) is 5.69 Å². The van der Waals surface area contributed by atoms with Gasteiger partial charge in [-0.3, -0.25) is 9.78 Å². The number of benzene rings is 2. The van der Waals surface area contributed by atoms with Crippen molar-refractivity contribution >= 4 is 28.9 Å². The van der Waals surface area contributed by atoms with Crippen molar-refractivity contribution in [1.82, 2.24) is 19.8 Å². The molecule has 2 aromatic carbocycles. The maximum atomic E-state index is 14.1. The summed E-state index contributed by atoms with van der Waals surface area (Å²) in [4.78, 5) is 19.5. The van der Waals surface area contributed by atoms with E-state index in [-0.39, 0.29) is 30.1 Å². The number of thiocarbonyl (C=S) groups is 1. The average Bonchev–Trinajstić information content (AvgIpc) is 3.43. The third-order valence-electron chi connectivity index (χ3n) is 7.32. The SMILES string of the molecule is CCc1ccc(-n2c(C)cc([C@@H]3[C@H](c4ccccn4)NC(=S)N3CCC(=O)Nc3ccccc3F)c2C)cc1. The Morgan fingerprint density at radius 3 is 2.51 bits per heavy atom. The molecule has 1 fully saturated rings. The minimum absolute atomic E-state index is 0.152. The summed E-state index contributed by atoms with van der Waals surface area (Å²) in [6, 6.07) is 22.5. The maximum Gasteiger partial charge on any atom is 0.226 e. The average molecular weight is 542 g/mol. The fourth-order valence-corrected chi connectivity index (χ4v) is 5.68. The summed E-state index contributed by atoms with van der Waals surface area (Å²) >= 11 is 5.79. The summed E-state index contributed by atoms with van der Waals surface area (Å²) in [5, 5.41) is 6.70. The molecule has 4 aromatic rings. The number of hydrogen-bond donors (Lipinski definition) is 2.